The van der Waals surface area contributed by atoms with Crippen molar-refractivity contribution in [3.8, 4) is 0 Å². The predicted molar refractivity (Wildman–Crippen MR) is 81.1 cm³/mol. The molecule has 18 heavy (non-hydrogen) atoms. The number of rotatable bonds is 4. The Kier molecular flexibility index (Phi) is 5.15. The van der Waals surface area contributed by atoms with Gasteiger partial charge in [0.05, 0.1) is 10.7 Å². The van der Waals surface area contributed by atoms with Crippen molar-refractivity contribution in [2.45, 2.75) is 52.4 Å². The Morgan fingerprint density at radius 3 is 2.44 bits per heavy atom. The van der Waals surface area contributed by atoms with Crippen molar-refractivity contribution in [2.24, 2.45) is 5.73 Å². The van der Waals surface area contributed by atoms with E-state index in [2.05, 4.69) is 40.7 Å². The zero-order valence-electron chi connectivity index (χ0n) is 12.0. The minimum atomic E-state index is 0.180. The molecule has 0 aromatic carbocycles. The van der Waals surface area contributed by atoms with Crippen molar-refractivity contribution < 1.29 is 0 Å². The smallest absolute Gasteiger partial charge is 0.0999 e. The molecule has 1 rings (SSSR count). The van der Waals surface area contributed by atoms with E-state index in [1.807, 2.05) is 23.5 Å². The topological polar surface area (TPSA) is 38.9 Å². The summed E-state index contributed by atoms with van der Waals surface area (Å²) in [6, 6.07) is 0. The lowest BCUT2D eigenvalue weighted by Crippen LogP contribution is -2.10. The number of hydrogen-bond donors (Lipinski definition) is 1. The monoisotopic (exact) mass is 264 g/mol. The van der Waals surface area contributed by atoms with Gasteiger partial charge in [0.15, 0.2) is 0 Å². The molecule has 0 radical (unpaired) electrons. The van der Waals surface area contributed by atoms with Crippen LogP contribution in [0.25, 0.3) is 0 Å². The van der Waals surface area contributed by atoms with Crippen molar-refractivity contribution in [1.82, 2.24) is 4.98 Å². The maximum Gasteiger partial charge on any atom is 0.0999 e. The Morgan fingerprint density at radius 1 is 1.33 bits per heavy atom. The molecule has 1 heterocycles. The molecule has 1 aromatic rings. The quantitative estimate of drug-likeness (QED) is 0.825. The lowest BCUT2D eigenvalue weighted by molar-refractivity contribution is 0.598. The molecule has 0 aliphatic rings. The summed E-state index contributed by atoms with van der Waals surface area (Å²) in [6.07, 6.45) is 8.64. The van der Waals surface area contributed by atoms with Gasteiger partial charge < -0.3 is 5.73 Å². The maximum atomic E-state index is 5.34. The van der Waals surface area contributed by atoms with Crippen LogP contribution in [-0.2, 0) is 5.41 Å². The summed E-state index contributed by atoms with van der Waals surface area (Å²) in [7, 11) is 0. The van der Waals surface area contributed by atoms with Gasteiger partial charge in [-0.3, -0.25) is 0 Å². The molecule has 1 aromatic heterocycles. The lowest BCUT2D eigenvalue weighted by Gasteiger charge is -2.16. The normalized spacial score (nSPS) is 14.7. The van der Waals surface area contributed by atoms with Crippen LogP contribution in [0, 0.1) is 6.92 Å². The van der Waals surface area contributed by atoms with E-state index in [0.717, 1.165) is 6.42 Å². The van der Waals surface area contributed by atoms with Gasteiger partial charge in [-0.05, 0) is 31.0 Å². The second-order valence-corrected chi connectivity index (χ2v) is 6.53. The Balaban J connectivity index is 3.02. The highest BCUT2D eigenvalue weighted by atomic mass is 32.1. The van der Waals surface area contributed by atoms with Gasteiger partial charge in [0.25, 0.3) is 0 Å². The highest BCUT2D eigenvalue weighted by Gasteiger charge is 2.22. The van der Waals surface area contributed by atoms with E-state index in [-0.39, 0.29) is 5.41 Å². The summed E-state index contributed by atoms with van der Waals surface area (Å²) >= 11 is 1.84. The Morgan fingerprint density at radius 2 is 2.00 bits per heavy atom. The zero-order chi connectivity index (χ0) is 13.8. The first kappa shape index (κ1) is 15.0. The lowest BCUT2D eigenvalue weighted by atomic mass is 9.93. The SMILES string of the molecule is CCC(/C=C\C=C/N)c1nc(C)c(C(C)(C)C)s1. The van der Waals surface area contributed by atoms with Gasteiger partial charge >= 0.3 is 0 Å². The zero-order valence-corrected chi connectivity index (χ0v) is 12.8. The third kappa shape index (κ3) is 3.70. The van der Waals surface area contributed by atoms with Crippen molar-refractivity contribution in [3.05, 3.63) is 40.0 Å². The van der Waals surface area contributed by atoms with Crippen LogP contribution in [0.2, 0.25) is 0 Å². The molecule has 0 spiro atoms. The number of nitrogens with zero attached hydrogens (tertiary/aromatic N) is 1. The van der Waals surface area contributed by atoms with Gasteiger partial charge in [0, 0.05) is 10.8 Å². The van der Waals surface area contributed by atoms with E-state index in [1.54, 1.807) is 6.20 Å². The summed E-state index contributed by atoms with van der Waals surface area (Å²) < 4.78 is 0. The van der Waals surface area contributed by atoms with Crippen molar-refractivity contribution in [3.63, 3.8) is 0 Å². The van der Waals surface area contributed by atoms with Crippen LogP contribution in [0.15, 0.2) is 24.4 Å². The van der Waals surface area contributed by atoms with E-state index in [1.165, 1.54) is 15.6 Å². The summed E-state index contributed by atoms with van der Waals surface area (Å²) in [5.74, 6) is 0.390. The number of allylic oxidation sites excluding steroid dienone is 3. The van der Waals surface area contributed by atoms with Crippen LogP contribution in [0.1, 0.15) is 55.6 Å². The molecular weight excluding hydrogens is 240 g/mol. The molecule has 0 saturated heterocycles. The van der Waals surface area contributed by atoms with Crippen LogP contribution in [0.4, 0.5) is 0 Å². The van der Waals surface area contributed by atoms with Gasteiger partial charge in [0.1, 0.15) is 0 Å². The second kappa shape index (κ2) is 6.19. The maximum absolute atomic E-state index is 5.34. The van der Waals surface area contributed by atoms with Crippen molar-refractivity contribution in [1.29, 1.82) is 0 Å². The highest BCUT2D eigenvalue weighted by molar-refractivity contribution is 7.12. The molecule has 0 bridgehead atoms. The van der Waals surface area contributed by atoms with Crippen LogP contribution >= 0.6 is 11.3 Å². The Hall–Kier alpha value is -1.09. The van der Waals surface area contributed by atoms with Crippen LogP contribution in [0.5, 0.6) is 0 Å². The fourth-order valence-corrected chi connectivity index (χ4v) is 3.22. The van der Waals surface area contributed by atoms with E-state index < -0.39 is 0 Å². The number of aromatic nitrogens is 1. The molecule has 0 aliphatic carbocycles. The van der Waals surface area contributed by atoms with Crippen LogP contribution in [0.3, 0.4) is 0 Å². The number of aryl methyl sites for hydroxylation is 1. The molecule has 2 N–H and O–H groups in total. The summed E-state index contributed by atoms with van der Waals surface area (Å²) in [4.78, 5) is 6.13. The first-order valence-corrected chi connectivity index (χ1v) is 7.24. The third-order valence-electron chi connectivity index (χ3n) is 2.82. The van der Waals surface area contributed by atoms with Gasteiger partial charge in [-0.1, -0.05) is 39.8 Å². The first-order valence-electron chi connectivity index (χ1n) is 6.43. The molecule has 0 saturated carbocycles. The minimum Gasteiger partial charge on any atom is -0.405 e. The standard InChI is InChI=1S/C15H24N2S/c1-6-12(9-7-8-10-16)14-17-11(2)13(18-14)15(3,4)5/h7-10,12H,6,16H2,1-5H3/b9-7-,10-8-. The van der Waals surface area contributed by atoms with E-state index in [4.69, 9.17) is 10.7 Å². The Bertz CT molecular complexity index is 436. The fourth-order valence-electron chi connectivity index (χ4n) is 1.93. The molecule has 0 amide bonds. The molecule has 3 heteroatoms. The van der Waals surface area contributed by atoms with E-state index in [0.29, 0.717) is 5.92 Å². The van der Waals surface area contributed by atoms with Crippen LogP contribution < -0.4 is 5.73 Å². The fraction of sp³-hybridized carbons (Fsp3) is 0.533. The van der Waals surface area contributed by atoms with Gasteiger partial charge in [0.2, 0.25) is 0 Å². The molecule has 0 aliphatic heterocycles. The molecule has 1 unspecified atom stereocenters. The van der Waals surface area contributed by atoms with Gasteiger partial charge in [-0.15, -0.1) is 11.3 Å². The molecule has 2 nitrogen and oxygen atoms in total. The molecular formula is C15H24N2S. The minimum absolute atomic E-state index is 0.180. The van der Waals surface area contributed by atoms with E-state index in [9.17, 15) is 0 Å². The predicted octanol–water partition coefficient (Wildman–Crippen LogP) is 4.27. The van der Waals surface area contributed by atoms with Crippen LogP contribution in [-0.4, -0.2) is 4.98 Å². The van der Waals surface area contributed by atoms with Crippen molar-refractivity contribution >= 4 is 11.3 Å². The third-order valence-corrected chi connectivity index (χ3v) is 4.53. The van der Waals surface area contributed by atoms with Crippen molar-refractivity contribution in [2.75, 3.05) is 0 Å². The molecule has 0 fully saturated rings. The summed E-state index contributed by atoms with van der Waals surface area (Å²) in [6.45, 7) is 11.0. The number of thiazole rings is 1. The van der Waals surface area contributed by atoms with Gasteiger partial charge in [-0.25, -0.2) is 4.98 Å². The molecule has 100 valence electrons. The average molecular weight is 264 g/mol. The van der Waals surface area contributed by atoms with E-state index >= 15 is 0 Å². The van der Waals surface area contributed by atoms with Gasteiger partial charge in [-0.2, -0.15) is 0 Å². The Labute approximate surface area is 115 Å². The number of nitrogens with two attached hydrogens (primary N) is 1. The number of hydrogen-bond acceptors (Lipinski definition) is 3. The largest absolute Gasteiger partial charge is 0.405 e. The molecule has 1 atom stereocenters. The highest BCUT2D eigenvalue weighted by Crippen LogP contribution is 2.35. The summed E-state index contributed by atoms with van der Waals surface area (Å²) in [5, 5.41) is 1.21. The summed E-state index contributed by atoms with van der Waals surface area (Å²) in [5.41, 5.74) is 6.69. The average Bonchev–Trinajstić information content (AvgIpc) is 2.66. The first-order chi connectivity index (χ1) is 8.40. The second-order valence-electron chi connectivity index (χ2n) is 5.50.